The summed E-state index contributed by atoms with van der Waals surface area (Å²) in [6, 6.07) is 6.30. The second kappa shape index (κ2) is 9.27. The van der Waals surface area contributed by atoms with Gasteiger partial charge in [0.25, 0.3) is 5.96 Å². The van der Waals surface area contributed by atoms with E-state index in [1.165, 1.54) is 23.8 Å². The number of Topliss-reactive ketones (excluding diaryl/α,β-unsaturated/α-hetero) is 1. The average Bonchev–Trinajstić information content (AvgIpc) is 3.30. The average molecular weight is 413 g/mol. The Labute approximate surface area is 181 Å². The van der Waals surface area contributed by atoms with Crippen LogP contribution < -0.4 is 10.7 Å². The van der Waals surface area contributed by atoms with Crippen LogP contribution >= 0.6 is 0 Å². The number of hydrogen-bond donors (Lipinski definition) is 3. The Bertz CT molecular complexity index is 1130. The van der Waals surface area contributed by atoms with Crippen LogP contribution in [-0.2, 0) is 6.42 Å². The van der Waals surface area contributed by atoms with Crippen molar-refractivity contribution >= 4 is 23.1 Å². The number of aromatic nitrogens is 2. The van der Waals surface area contributed by atoms with E-state index in [4.69, 9.17) is 13.1 Å². The maximum Gasteiger partial charge on any atom is 0.262 e. The predicted octanol–water partition coefficient (Wildman–Crippen LogP) is 3.81. The number of H-pyrrole nitrogens is 1. The van der Waals surface area contributed by atoms with Crippen molar-refractivity contribution in [3.8, 4) is 0 Å². The minimum atomic E-state index is -0.126. The number of benzene rings is 1. The Morgan fingerprint density at radius 3 is 2.87 bits per heavy atom. The van der Waals surface area contributed by atoms with Gasteiger partial charge in [-0.05, 0) is 47.9 Å². The summed E-state index contributed by atoms with van der Waals surface area (Å²) < 4.78 is 0. The van der Waals surface area contributed by atoms with Gasteiger partial charge in [0.15, 0.2) is 0 Å². The summed E-state index contributed by atoms with van der Waals surface area (Å²) in [6.07, 6.45) is 8.32. The standard InChI is InChI=1S/C23H23N7O/c1-24-21-14-26-22(29-21)20(31)11-17-9-8-16(10-19(17)15-6-4-3-5-7-15)18-12-27-23(28-13-18)30-25-2/h6,8-10,14,18H,3-5,7,11-13H2,(H,26,29)(H2,27,28,30). The van der Waals surface area contributed by atoms with Crippen molar-refractivity contribution in [1.82, 2.24) is 20.7 Å². The zero-order chi connectivity index (χ0) is 21.6. The van der Waals surface area contributed by atoms with Crippen LogP contribution in [0.1, 0.15) is 58.9 Å². The number of allylic oxidation sites excluding steroid dienone is 2. The number of carbonyl (C=O) groups excluding carboxylic acids is 1. The topological polar surface area (TPSA) is 90.9 Å². The molecule has 2 aliphatic rings. The van der Waals surface area contributed by atoms with Crippen molar-refractivity contribution in [2.45, 2.75) is 38.0 Å². The van der Waals surface area contributed by atoms with Gasteiger partial charge in [-0.3, -0.25) is 9.78 Å². The van der Waals surface area contributed by atoms with E-state index >= 15 is 0 Å². The molecular weight excluding hydrogens is 390 g/mol. The van der Waals surface area contributed by atoms with Crippen LogP contribution in [0.5, 0.6) is 0 Å². The minimum Gasteiger partial charge on any atom is -0.363 e. The lowest BCUT2D eigenvalue weighted by atomic mass is 9.86. The van der Waals surface area contributed by atoms with Gasteiger partial charge in [-0.15, -0.1) is 0 Å². The van der Waals surface area contributed by atoms with Crippen LogP contribution in [0, 0.1) is 13.1 Å². The maximum atomic E-state index is 12.8. The fraction of sp³-hybridized carbons (Fsp3) is 0.348. The number of rotatable bonds is 5. The molecule has 0 amide bonds. The molecule has 2 aromatic rings. The maximum absolute atomic E-state index is 12.8. The van der Waals surface area contributed by atoms with Gasteiger partial charge in [0.1, 0.15) is 0 Å². The van der Waals surface area contributed by atoms with Crippen LogP contribution in [0.2, 0.25) is 0 Å². The second-order valence-corrected chi connectivity index (χ2v) is 7.71. The zero-order valence-corrected chi connectivity index (χ0v) is 17.1. The number of imidazole rings is 1. The fourth-order valence-electron chi connectivity index (χ4n) is 4.04. The SMILES string of the molecule is [C-]#[N+]NC1=NCC(c2ccc(CC(=O)c3ncc([N+]#[C-])[nH]3)c(C3=CCCCC3)c2)CN1. The fourth-order valence-corrected chi connectivity index (χ4v) is 4.04. The van der Waals surface area contributed by atoms with Crippen molar-refractivity contribution < 1.29 is 4.79 Å². The Morgan fingerprint density at radius 1 is 1.29 bits per heavy atom. The first-order valence-electron chi connectivity index (χ1n) is 10.4. The van der Waals surface area contributed by atoms with Gasteiger partial charge in [0.05, 0.1) is 12.7 Å². The molecule has 1 aromatic heterocycles. The molecule has 1 aromatic carbocycles. The number of aliphatic imine (C=N–C) groups is 1. The quantitative estimate of drug-likeness (QED) is 0.395. The van der Waals surface area contributed by atoms with Crippen molar-refractivity contribution in [3.63, 3.8) is 0 Å². The largest absolute Gasteiger partial charge is 0.363 e. The van der Waals surface area contributed by atoms with E-state index in [1.807, 2.05) is 6.07 Å². The van der Waals surface area contributed by atoms with Crippen molar-refractivity contribution in [2.75, 3.05) is 13.1 Å². The van der Waals surface area contributed by atoms with Crippen LogP contribution in [-0.4, -0.2) is 34.8 Å². The molecule has 0 radical (unpaired) electrons. The molecule has 0 spiro atoms. The molecule has 2 heterocycles. The molecule has 3 N–H and O–H groups in total. The molecular formula is C23H23N7O. The number of nitrogens with zero attached hydrogens (tertiary/aromatic N) is 4. The van der Waals surface area contributed by atoms with E-state index in [0.717, 1.165) is 30.4 Å². The highest BCUT2D eigenvalue weighted by atomic mass is 16.1. The third-order valence-corrected chi connectivity index (χ3v) is 5.69. The molecule has 4 rings (SSSR count). The van der Waals surface area contributed by atoms with Gasteiger partial charge < -0.3 is 10.2 Å². The summed E-state index contributed by atoms with van der Waals surface area (Å²) in [5.74, 6) is 1.09. The Balaban J connectivity index is 1.61. The first-order valence-corrected chi connectivity index (χ1v) is 10.4. The molecule has 0 saturated heterocycles. The first kappa shape index (κ1) is 20.4. The van der Waals surface area contributed by atoms with Crippen LogP contribution in [0.4, 0.5) is 5.82 Å². The van der Waals surface area contributed by atoms with Crippen LogP contribution in [0.3, 0.4) is 0 Å². The Kier molecular flexibility index (Phi) is 6.09. The van der Waals surface area contributed by atoms with Gasteiger partial charge in [-0.25, -0.2) is 9.98 Å². The van der Waals surface area contributed by atoms with E-state index in [-0.39, 0.29) is 29.8 Å². The number of carbonyl (C=O) groups is 1. The number of ketones is 1. The van der Waals surface area contributed by atoms with E-state index in [0.29, 0.717) is 19.0 Å². The van der Waals surface area contributed by atoms with Gasteiger partial charge in [-0.1, -0.05) is 36.3 Å². The Hall–Kier alpha value is -3.91. The molecule has 1 atom stereocenters. The summed E-state index contributed by atoms with van der Waals surface area (Å²) in [4.78, 5) is 30.5. The van der Waals surface area contributed by atoms with E-state index < -0.39 is 0 Å². The second-order valence-electron chi connectivity index (χ2n) is 7.71. The summed E-state index contributed by atoms with van der Waals surface area (Å²) in [5, 5.41) is 3.16. The molecule has 0 fully saturated rings. The van der Waals surface area contributed by atoms with E-state index in [2.05, 4.69) is 53.7 Å². The summed E-state index contributed by atoms with van der Waals surface area (Å²) in [5.41, 5.74) is 7.09. The Morgan fingerprint density at radius 2 is 2.19 bits per heavy atom. The van der Waals surface area contributed by atoms with E-state index in [1.54, 1.807) is 0 Å². The molecule has 0 saturated carbocycles. The highest BCUT2D eigenvalue weighted by Gasteiger charge is 2.22. The monoisotopic (exact) mass is 413 g/mol. The lowest BCUT2D eigenvalue weighted by Crippen LogP contribution is -2.40. The van der Waals surface area contributed by atoms with Crippen molar-refractivity contribution in [1.29, 1.82) is 0 Å². The molecule has 1 aliphatic carbocycles. The zero-order valence-electron chi connectivity index (χ0n) is 17.1. The van der Waals surface area contributed by atoms with Gasteiger partial charge in [0.2, 0.25) is 17.4 Å². The third-order valence-electron chi connectivity index (χ3n) is 5.69. The summed E-state index contributed by atoms with van der Waals surface area (Å²) in [6.45, 7) is 15.2. The lowest BCUT2D eigenvalue weighted by molar-refractivity contribution is 0.0984. The molecule has 31 heavy (non-hydrogen) atoms. The first-order chi connectivity index (χ1) is 15.2. The molecule has 1 aliphatic heterocycles. The smallest absolute Gasteiger partial charge is 0.262 e. The molecule has 0 bridgehead atoms. The summed E-state index contributed by atoms with van der Waals surface area (Å²) >= 11 is 0. The molecule has 8 heteroatoms. The van der Waals surface area contributed by atoms with Gasteiger partial charge in [-0.2, -0.15) is 11.5 Å². The molecule has 1 unspecified atom stereocenters. The lowest BCUT2D eigenvalue weighted by Gasteiger charge is -2.23. The van der Waals surface area contributed by atoms with Gasteiger partial charge in [0, 0.05) is 18.9 Å². The number of hydrogen-bond acceptors (Lipinski definition) is 5. The summed E-state index contributed by atoms with van der Waals surface area (Å²) in [7, 11) is 0. The predicted molar refractivity (Wildman–Crippen MR) is 119 cm³/mol. The van der Waals surface area contributed by atoms with Gasteiger partial charge >= 0.3 is 0 Å². The van der Waals surface area contributed by atoms with Crippen LogP contribution in [0.15, 0.2) is 35.5 Å². The van der Waals surface area contributed by atoms with Crippen molar-refractivity contribution in [2.24, 2.45) is 4.99 Å². The highest BCUT2D eigenvalue weighted by molar-refractivity contribution is 5.95. The van der Waals surface area contributed by atoms with E-state index in [9.17, 15) is 4.79 Å². The normalized spacial score (nSPS) is 18.1. The number of guanidine groups is 1. The third kappa shape index (κ3) is 4.65. The van der Waals surface area contributed by atoms with Crippen molar-refractivity contribution in [3.05, 3.63) is 75.9 Å². The highest BCUT2D eigenvalue weighted by Crippen LogP contribution is 2.32. The molecule has 156 valence electrons. The molecule has 8 nitrogen and oxygen atoms in total. The minimum absolute atomic E-state index is 0.126. The van der Waals surface area contributed by atoms with Crippen LogP contribution in [0.25, 0.3) is 15.4 Å². The number of nitrogens with one attached hydrogen (secondary N) is 3. The number of aromatic amines is 1.